The van der Waals surface area contributed by atoms with Gasteiger partial charge in [-0.3, -0.25) is 4.79 Å². The summed E-state index contributed by atoms with van der Waals surface area (Å²) in [7, 11) is 0. The van der Waals surface area contributed by atoms with Gasteiger partial charge in [0.25, 0.3) is 5.91 Å². The van der Waals surface area contributed by atoms with Crippen LogP contribution in [0, 0.1) is 0 Å². The van der Waals surface area contributed by atoms with E-state index in [9.17, 15) is 4.79 Å². The number of rotatable bonds is 5. The largest absolute Gasteiger partial charge is 0.351 e. The summed E-state index contributed by atoms with van der Waals surface area (Å²) in [6.07, 6.45) is 6.59. The van der Waals surface area contributed by atoms with Gasteiger partial charge in [-0.15, -0.1) is 0 Å². The van der Waals surface area contributed by atoms with Gasteiger partial charge in [0.1, 0.15) is 5.69 Å². The van der Waals surface area contributed by atoms with Gasteiger partial charge in [-0.2, -0.15) is 0 Å². The normalized spacial score (nSPS) is 19.8. The second-order valence-corrected chi connectivity index (χ2v) is 6.27. The molecular formula is C15H22BrN3O. The van der Waals surface area contributed by atoms with Gasteiger partial charge in [0, 0.05) is 29.8 Å². The van der Waals surface area contributed by atoms with Crippen molar-refractivity contribution in [1.82, 2.24) is 15.2 Å². The zero-order valence-corrected chi connectivity index (χ0v) is 13.5. The number of hydrogen-bond acceptors (Lipinski definition) is 3. The SMILES string of the molecule is CC1CCCCN1CCCNC(=O)c1ccc(Br)cn1. The number of piperidine rings is 1. The van der Waals surface area contributed by atoms with Crippen molar-refractivity contribution in [3.8, 4) is 0 Å². The predicted molar refractivity (Wildman–Crippen MR) is 83.8 cm³/mol. The van der Waals surface area contributed by atoms with Gasteiger partial charge >= 0.3 is 0 Å². The maximum Gasteiger partial charge on any atom is 0.269 e. The second kappa shape index (κ2) is 7.74. The Morgan fingerprint density at radius 3 is 3.05 bits per heavy atom. The highest BCUT2D eigenvalue weighted by Gasteiger charge is 2.17. The van der Waals surface area contributed by atoms with Crippen molar-refractivity contribution in [2.75, 3.05) is 19.6 Å². The molecule has 1 aromatic heterocycles. The molecule has 110 valence electrons. The maximum atomic E-state index is 11.9. The monoisotopic (exact) mass is 339 g/mol. The molecule has 2 heterocycles. The first kappa shape index (κ1) is 15.4. The fourth-order valence-corrected chi connectivity index (χ4v) is 2.81. The van der Waals surface area contributed by atoms with E-state index >= 15 is 0 Å². The minimum absolute atomic E-state index is 0.0933. The number of carbonyl (C=O) groups excluding carboxylic acids is 1. The minimum atomic E-state index is -0.0933. The van der Waals surface area contributed by atoms with Gasteiger partial charge in [0.2, 0.25) is 0 Å². The number of nitrogens with zero attached hydrogens (tertiary/aromatic N) is 2. The molecule has 0 bridgehead atoms. The molecule has 1 fully saturated rings. The van der Waals surface area contributed by atoms with Crippen molar-refractivity contribution in [3.63, 3.8) is 0 Å². The number of amides is 1. The lowest BCUT2D eigenvalue weighted by Gasteiger charge is -2.33. The van der Waals surface area contributed by atoms with Crippen molar-refractivity contribution in [3.05, 3.63) is 28.5 Å². The van der Waals surface area contributed by atoms with Crippen LogP contribution in [0.1, 0.15) is 43.1 Å². The number of halogens is 1. The second-order valence-electron chi connectivity index (χ2n) is 5.35. The molecule has 1 saturated heterocycles. The highest BCUT2D eigenvalue weighted by Crippen LogP contribution is 2.16. The van der Waals surface area contributed by atoms with Gasteiger partial charge in [-0.25, -0.2) is 4.98 Å². The highest BCUT2D eigenvalue weighted by molar-refractivity contribution is 9.10. The van der Waals surface area contributed by atoms with Crippen LogP contribution in [0.25, 0.3) is 0 Å². The fourth-order valence-electron chi connectivity index (χ4n) is 2.57. The first-order valence-electron chi connectivity index (χ1n) is 7.30. The summed E-state index contributed by atoms with van der Waals surface area (Å²) in [5.74, 6) is -0.0933. The van der Waals surface area contributed by atoms with E-state index in [-0.39, 0.29) is 5.91 Å². The van der Waals surface area contributed by atoms with Crippen molar-refractivity contribution in [2.45, 2.75) is 38.6 Å². The molecule has 0 saturated carbocycles. The molecule has 1 unspecified atom stereocenters. The van der Waals surface area contributed by atoms with Crippen molar-refractivity contribution >= 4 is 21.8 Å². The zero-order chi connectivity index (χ0) is 14.4. The first-order chi connectivity index (χ1) is 9.66. The topological polar surface area (TPSA) is 45.2 Å². The van der Waals surface area contributed by atoms with E-state index in [1.165, 1.54) is 25.8 Å². The number of hydrogen-bond donors (Lipinski definition) is 1. The number of nitrogens with one attached hydrogen (secondary N) is 1. The molecule has 0 aromatic carbocycles. The third kappa shape index (κ3) is 4.56. The van der Waals surface area contributed by atoms with E-state index in [2.05, 4.69) is 38.1 Å². The summed E-state index contributed by atoms with van der Waals surface area (Å²) < 4.78 is 0.883. The van der Waals surface area contributed by atoms with Crippen LogP contribution in [0.5, 0.6) is 0 Å². The Balaban J connectivity index is 1.67. The third-order valence-electron chi connectivity index (χ3n) is 3.81. The Morgan fingerprint density at radius 2 is 2.35 bits per heavy atom. The predicted octanol–water partition coefficient (Wildman–Crippen LogP) is 2.84. The van der Waals surface area contributed by atoms with Gasteiger partial charge in [0.05, 0.1) is 0 Å². The summed E-state index contributed by atoms with van der Waals surface area (Å²) in [5.41, 5.74) is 0.472. The van der Waals surface area contributed by atoms with Crippen molar-refractivity contribution < 1.29 is 4.79 Å². The van der Waals surface area contributed by atoms with Gasteiger partial charge in [-0.1, -0.05) is 6.42 Å². The lowest BCUT2D eigenvalue weighted by atomic mass is 10.0. The quantitative estimate of drug-likeness (QED) is 0.839. The van der Waals surface area contributed by atoms with Crippen LogP contribution < -0.4 is 5.32 Å². The molecule has 1 aliphatic heterocycles. The molecule has 0 aliphatic carbocycles. The van der Waals surface area contributed by atoms with E-state index < -0.39 is 0 Å². The van der Waals surface area contributed by atoms with Gasteiger partial charge in [-0.05, 0) is 60.8 Å². The van der Waals surface area contributed by atoms with E-state index in [1.54, 1.807) is 12.3 Å². The molecule has 1 atom stereocenters. The Labute approximate surface area is 129 Å². The van der Waals surface area contributed by atoms with E-state index in [4.69, 9.17) is 0 Å². The average molecular weight is 340 g/mol. The minimum Gasteiger partial charge on any atom is -0.351 e. The van der Waals surface area contributed by atoms with Crippen LogP contribution >= 0.6 is 15.9 Å². The van der Waals surface area contributed by atoms with Gasteiger partial charge in [0.15, 0.2) is 0 Å². The summed E-state index contributed by atoms with van der Waals surface area (Å²) in [6.45, 7) is 5.27. The fraction of sp³-hybridized carbons (Fsp3) is 0.600. The van der Waals surface area contributed by atoms with Crippen LogP contribution in [-0.4, -0.2) is 41.5 Å². The number of pyridine rings is 1. The number of likely N-dealkylation sites (tertiary alicyclic amines) is 1. The zero-order valence-electron chi connectivity index (χ0n) is 11.9. The Morgan fingerprint density at radius 1 is 1.50 bits per heavy atom. The van der Waals surface area contributed by atoms with E-state index in [0.717, 1.165) is 17.4 Å². The Bertz CT molecular complexity index is 435. The van der Waals surface area contributed by atoms with Crippen molar-refractivity contribution in [2.24, 2.45) is 0 Å². The summed E-state index contributed by atoms with van der Waals surface area (Å²) in [4.78, 5) is 18.5. The highest BCUT2D eigenvalue weighted by atomic mass is 79.9. The lowest BCUT2D eigenvalue weighted by Crippen LogP contribution is -2.39. The van der Waals surface area contributed by atoms with Crippen LogP contribution in [-0.2, 0) is 0 Å². The average Bonchev–Trinajstić information content (AvgIpc) is 2.46. The Kier molecular flexibility index (Phi) is 5.98. The van der Waals surface area contributed by atoms with Crippen LogP contribution in [0.2, 0.25) is 0 Å². The standard InChI is InChI=1S/C15H22BrN3O/c1-12-5-2-3-9-19(12)10-4-8-17-15(20)14-7-6-13(16)11-18-14/h6-7,11-12H,2-5,8-10H2,1H3,(H,17,20). The molecule has 5 heteroatoms. The molecule has 0 spiro atoms. The smallest absolute Gasteiger partial charge is 0.269 e. The molecule has 1 aromatic rings. The molecule has 1 amide bonds. The number of aromatic nitrogens is 1. The molecule has 20 heavy (non-hydrogen) atoms. The summed E-state index contributed by atoms with van der Waals surface area (Å²) >= 11 is 3.31. The lowest BCUT2D eigenvalue weighted by molar-refractivity contribution is 0.0944. The molecule has 4 nitrogen and oxygen atoms in total. The van der Waals surface area contributed by atoms with Crippen LogP contribution in [0.4, 0.5) is 0 Å². The summed E-state index contributed by atoms with van der Waals surface area (Å²) in [5, 5.41) is 2.93. The molecule has 2 rings (SSSR count). The summed E-state index contributed by atoms with van der Waals surface area (Å²) in [6, 6.07) is 4.25. The van der Waals surface area contributed by atoms with E-state index in [1.807, 2.05) is 6.07 Å². The van der Waals surface area contributed by atoms with Crippen LogP contribution in [0.3, 0.4) is 0 Å². The Hall–Kier alpha value is -0.940. The number of carbonyl (C=O) groups is 1. The maximum absolute atomic E-state index is 11.9. The van der Waals surface area contributed by atoms with Crippen LogP contribution in [0.15, 0.2) is 22.8 Å². The van der Waals surface area contributed by atoms with Gasteiger partial charge < -0.3 is 10.2 Å². The first-order valence-corrected chi connectivity index (χ1v) is 8.10. The van der Waals surface area contributed by atoms with E-state index in [0.29, 0.717) is 18.3 Å². The molecule has 1 N–H and O–H groups in total. The molecule has 0 radical (unpaired) electrons. The van der Waals surface area contributed by atoms with Crippen molar-refractivity contribution in [1.29, 1.82) is 0 Å². The molecule has 1 aliphatic rings. The third-order valence-corrected chi connectivity index (χ3v) is 4.28. The molecular weight excluding hydrogens is 318 g/mol.